The molecule has 0 heterocycles. The Hall–Kier alpha value is -1.10. The molecule has 5 heteroatoms. The topological polar surface area (TPSA) is 115 Å². The molecule has 0 aliphatic heterocycles. The summed E-state index contributed by atoms with van der Waals surface area (Å²) in [5.74, 6) is -0.991. The van der Waals surface area contributed by atoms with Crippen molar-refractivity contribution >= 4 is 11.9 Å². The van der Waals surface area contributed by atoms with Crippen molar-refractivity contribution in [1.29, 1.82) is 0 Å². The Bertz CT molecular complexity index is 103. The molecule has 0 bridgehead atoms. The van der Waals surface area contributed by atoms with Crippen LogP contribution in [-0.2, 0) is 9.59 Å². The van der Waals surface area contributed by atoms with Crippen LogP contribution in [0.25, 0.3) is 0 Å². The first-order valence-electron chi connectivity index (χ1n) is 5.04. The second kappa shape index (κ2) is 38.4. The van der Waals surface area contributed by atoms with Crippen LogP contribution in [0.4, 0.5) is 0 Å². The molecule has 0 aromatic heterocycles. The van der Waals surface area contributed by atoms with E-state index in [9.17, 15) is 9.59 Å². The van der Waals surface area contributed by atoms with Gasteiger partial charge in [-0.15, -0.1) is 0 Å². The highest BCUT2D eigenvalue weighted by molar-refractivity contribution is 5.73. The van der Waals surface area contributed by atoms with Crippen molar-refractivity contribution in [2.75, 3.05) is 0 Å². The third kappa shape index (κ3) is 182. The summed E-state index contributed by atoms with van der Waals surface area (Å²) in [5.41, 5.74) is 4.65. The van der Waals surface area contributed by atoms with Gasteiger partial charge < -0.3 is 17.0 Å². The third-order valence-electron chi connectivity index (χ3n) is 0.651. The van der Waals surface area contributed by atoms with E-state index in [1.54, 1.807) is 13.8 Å². The number of hydrogen-bond donors (Lipinski definition) is 3. The lowest BCUT2D eigenvalue weighted by Crippen LogP contribution is -2.06. The van der Waals surface area contributed by atoms with Crippen LogP contribution in [0.3, 0.4) is 0 Å². The SMILES string of the molecule is CC.CC.CCC(=O)O.CCC(N)=O.N. The molecule has 96 valence electrons. The van der Waals surface area contributed by atoms with Crippen molar-refractivity contribution < 1.29 is 14.7 Å². The average molecular weight is 224 g/mol. The van der Waals surface area contributed by atoms with E-state index in [4.69, 9.17) is 5.11 Å². The Morgan fingerprint density at radius 3 is 1.13 bits per heavy atom. The summed E-state index contributed by atoms with van der Waals surface area (Å²) in [6.07, 6.45) is 0.667. The molecule has 0 atom stereocenters. The van der Waals surface area contributed by atoms with Gasteiger partial charge in [-0.2, -0.15) is 0 Å². The molecule has 0 fully saturated rings. The molecule has 5 nitrogen and oxygen atoms in total. The van der Waals surface area contributed by atoms with E-state index in [0.29, 0.717) is 6.42 Å². The van der Waals surface area contributed by atoms with Crippen LogP contribution < -0.4 is 11.9 Å². The predicted octanol–water partition coefficient (Wildman–Crippen LogP) is 2.58. The van der Waals surface area contributed by atoms with Crippen molar-refractivity contribution in [2.45, 2.75) is 54.4 Å². The molecule has 0 radical (unpaired) electrons. The number of carboxylic acid groups (broad SMARTS) is 1. The summed E-state index contributed by atoms with van der Waals surface area (Å²) < 4.78 is 0. The molecular formula is C10H28N2O3. The van der Waals surface area contributed by atoms with E-state index < -0.39 is 5.97 Å². The number of carbonyl (C=O) groups excluding carboxylic acids is 1. The van der Waals surface area contributed by atoms with Crippen molar-refractivity contribution in [3.05, 3.63) is 0 Å². The van der Waals surface area contributed by atoms with Gasteiger partial charge in [0, 0.05) is 12.8 Å². The number of carboxylic acids is 1. The second-order valence-corrected chi connectivity index (χ2v) is 1.57. The Morgan fingerprint density at radius 2 is 1.13 bits per heavy atom. The van der Waals surface area contributed by atoms with Gasteiger partial charge in [-0.1, -0.05) is 41.5 Å². The van der Waals surface area contributed by atoms with Crippen LogP contribution in [0.1, 0.15) is 54.4 Å². The summed E-state index contributed by atoms with van der Waals surface area (Å²) in [7, 11) is 0. The van der Waals surface area contributed by atoms with Gasteiger partial charge in [-0.05, 0) is 0 Å². The van der Waals surface area contributed by atoms with Gasteiger partial charge in [-0.3, -0.25) is 9.59 Å². The molecule has 6 N–H and O–H groups in total. The van der Waals surface area contributed by atoms with E-state index in [1.807, 2.05) is 27.7 Å². The van der Waals surface area contributed by atoms with Crippen LogP contribution >= 0.6 is 0 Å². The largest absolute Gasteiger partial charge is 0.481 e. The zero-order valence-electron chi connectivity index (χ0n) is 11.0. The number of amides is 1. The smallest absolute Gasteiger partial charge is 0.303 e. The highest BCUT2D eigenvalue weighted by Crippen LogP contribution is 1.67. The maximum atomic E-state index is 9.59. The number of primary amides is 1. The van der Waals surface area contributed by atoms with E-state index >= 15 is 0 Å². The van der Waals surface area contributed by atoms with Gasteiger partial charge in [0.2, 0.25) is 5.91 Å². The highest BCUT2D eigenvalue weighted by atomic mass is 16.4. The van der Waals surface area contributed by atoms with E-state index in [-0.39, 0.29) is 18.5 Å². The zero-order valence-corrected chi connectivity index (χ0v) is 11.0. The molecule has 0 saturated carbocycles. The molecule has 0 aliphatic carbocycles. The highest BCUT2D eigenvalue weighted by Gasteiger charge is 1.80. The monoisotopic (exact) mass is 224 g/mol. The standard InChI is InChI=1S/C3H7NO.C3H6O2.2C2H6.H3N/c2*1-2-3(4)5;2*1-2;/h2H2,1H3,(H2,4,5);2H2,1H3,(H,4,5);2*1-2H3;1H3. The van der Waals surface area contributed by atoms with Crippen LogP contribution in [0.15, 0.2) is 0 Å². The molecule has 0 aromatic rings. The normalized spacial score (nSPS) is 5.73. The average Bonchev–Trinajstić information content (AvgIpc) is 2.24. The van der Waals surface area contributed by atoms with Gasteiger partial charge in [0.15, 0.2) is 0 Å². The summed E-state index contributed by atoms with van der Waals surface area (Å²) in [6.45, 7) is 11.3. The Labute approximate surface area is 93.6 Å². The van der Waals surface area contributed by atoms with Crippen molar-refractivity contribution in [3.63, 3.8) is 0 Å². The molecular weight excluding hydrogens is 196 g/mol. The van der Waals surface area contributed by atoms with Gasteiger partial charge in [0.05, 0.1) is 0 Å². The van der Waals surface area contributed by atoms with Crippen LogP contribution in [0.5, 0.6) is 0 Å². The molecule has 0 aliphatic rings. The first-order chi connectivity index (χ1) is 6.54. The van der Waals surface area contributed by atoms with E-state index in [0.717, 1.165) is 0 Å². The Balaban J connectivity index is -0.0000000318. The predicted molar refractivity (Wildman–Crippen MR) is 65.1 cm³/mol. The molecule has 15 heavy (non-hydrogen) atoms. The Morgan fingerprint density at radius 1 is 1.00 bits per heavy atom. The van der Waals surface area contributed by atoms with Crippen molar-refractivity contribution in [2.24, 2.45) is 5.73 Å². The van der Waals surface area contributed by atoms with Crippen LogP contribution in [0, 0.1) is 0 Å². The maximum Gasteiger partial charge on any atom is 0.303 e. The zero-order chi connectivity index (χ0) is 12.6. The van der Waals surface area contributed by atoms with E-state index in [1.165, 1.54) is 0 Å². The fourth-order valence-electron chi connectivity index (χ4n) is 0. The second-order valence-electron chi connectivity index (χ2n) is 1.57. The minimum atomic E-state index is -0.745. The van der Waals surface area contributed by atoms with Crippen LogP contribution in [0.2, 0.25) is 0 Å². The first kappa shape index (κ1) is 29.2. The summed E-state index contributed by atoms with van der Waals surface area (Å²) in [5, 5.41) is 7.72. The minimum Gasteiger partial charge on any atom is -0.481 e. The molecule has 0 aromatic carbocycles. The number of rotatable bonds is 2. The van der Waals surface area contributed by atoms with E-state index in [2.05, 4.69) is 5.73 Å². The molecule has 0 unspecified atom stereocenters. The number of carbonyl (C=O) groups is 2. The summed E-state index contributed by atoms with van der Waals surface area (Å²) in [4.78, 5) is 19.0. The molecule has 1 amide bonds. The maximum absolute atomic E-state index is 9.59. The lowest BCUT2D eigenvalue weighted by atomic mass is 10.5. The van der Waals surface area contributed by atoms with Gasteiger partial charge >= 0.3 is 5.97 Å². The van der Waals surface area contributed by atoms with Crippen LogP contribution in [-0.4, -0.2) is 17.0 Å². The molecule has 0 rings (SSSR count). The lowest BCUT2D eigenvalue weighted by Gasteiger charge is -1.73. The quantitative estimate of drug-likeness (QED) is 0.668. The van der Waals surface area contributed by atoms with Gasteiger partial charge in [-0.25, -0.2) is 0 Å². The van der Waals surface area contributed by atoms with Gasteiger partial charge in [0.25, 0.3) is 0 Å². The fourth-order valence-corrected chi connectivity index (χ4v) is 0. The van der Waals surface area contributed by atoms with Crippen molar-refractivity contribution in [3.8, 4) is 0 Å². The van der Waals surface area contributed by atoms with Crippen molar-refractivity contribution in [1.82, 2.24) is 6.15 Å². The number of aliphatic carboxylic acids is 1. The van der Waals surface area contributed by atoms with Gasteiger partial charge in [0.1, 0.15) is 0 Å². The fraction of sp³-hybridized carbons (Fsp3) is 0.800. The third-order valence-corrected chi connectivity index (χ3v) is 0.651. The minimum absolute atomic E-state index is 0. The number of nitrogens with two attached hydrogens (primary N) is 1. The first-order valence-corrected chi connectivity index (χ1v) is 5.04. The molecule has 0 spiro atoms. The summed E-state index contributed by atoms with van der Waals surface area (Å²) in [6, 6.07) is 0. The Kier molecular flexibility index (Phi) is 74.7. The summed E-state index contributed by atoms with van der Waals surface area (Å²) >= 11 is 0. The number of hydrogen-bond acceptors (Lipinski definition) is 3. The molecule has 0 saturated heterocycles. The lowest BCUT2D eigenvalue weighted by molar-refractivity contribution is -0.136.